The van der Waals surface area contributed by atoms with Gasteiger partial charge in [-0.2, -0.15) is 18.3 Å². The first-order chi connectivity index (χ1) is 23.0. The summed E-state index contributed by atoms with van der Waals surface area (Å²) in [5.74, 6) is -0.558. The van der Waals surface area contributed by atoms with Gasteiger partial charge in [-0.1, -0.05) is 56.3 Å². The van der Waals surface area contributed by atoms with Crippen LogP contribution in [0.3, 0.4) is 0 Å². The monoisotopic (exact) mass is 657 g/mol. The van der Waals surface area contributed by atoms with Crippen LogP contribution in [0, 0.1) is 5.92 Å². The molecule has 7 rings (SSSR count). The van der Waals surface area contributed by atoms with Gasteiger partial charge in [0.1, 0.15) is 5.56 Å². The molecule has 3 aliphatic rings. The van der Waals surface area contributed by atoms with Crippen LogP contribution in [0.5, 0.6) is 0 Å². The fourth-order valence-corrected chi connectivity index (χ4v) is 7.51. The van der Waals surface area contributed by atoms with Crippen molar-refractivity contribution in [2.24, 2.45) is 5.92 Å². The fraction of sp³-hybridized carbons (Fsp3) is 0.405. The fourth-order valence-electron chi connectivity index (χ4n) is 7.51. The highest BCUT2D eigenvalue weighted by Crippen LogP contribution is 2.44. The topological polar surface area (TPSA) is 91.6 Å². The molecule has 2 aromatic heterocycles. The molecule has 1 saturated carbocycles. The quantitative estimate of drug-likeness (QED) is 0.212. The summed E-state index contributed by atoms with van der Waals surface area (Å²) in [6.45, 7) is 7.44. The number of alkyl halides is 3. The minimum atomic E-state index is -4.94. The Morgan fingerprint density at radius 3 is 2.42 bits per heavy atom. The van der Waals surface area contributed by atoms with Gasteiger partial charge in [0, 0.05) is 43.6 Å². The number of carbonyl (C=O) groups excluding carboxylic acids is 1. The number of carboxylic acids is 1. The van der Waals surface area contributed by atoms with Crippen LogP contribution in [0.1, 0.15) is 89.7 Å². The van der Waals surface area contributed by atoms with Crippen LogP contribution in [0.4, 0.5) is 18.9 Å². The van der Waals surface area contributed by atoms with Crippen molar-refractivity contribution in [1.82, 2.24) is 19.7 Å². The number of para-hydroxylation sites is 1. The van der Waals surface area contributed by atoms with E-state index in [4.69, 9.17) is 0 Å². The summed E-state index contributed by atoms with van der Waals surface area (Å²) >= 11 is 0. The Labute approximate surface area is 277 Å². The molecule has 1 unspecified atom stereocenters. The summed E-state index contributed by atoms with van der Waals surface area (Å²) in [5.41, 5.74) is 4.98. The smallest absolute Gasteiger partial charge is 0.434 e. The predicted octanol–water partition coefficient (Wildman–Crippen LogP) is 7.45. The van der Waals surface area contributed by atoms with Crippen LogP contribution in [-0.2, 0) is 23.9 Å². The van der Waals surface area contributed by atoms with E-state index in [9.17, 15) is 27.9 Å². The number of fused-ring (bicyclic) bond motifs is 1. The van der Waals surface area contributed by atoms with E-state index < -0.39 is 23.4 Å². The molecule has 250 valence electrons. The van der Waals surface area contributed by atoms with Gasteiger partial charge in [0.25, 0.3) is 0 Å². The highest BCUT2D eigenvalue weighted by atomic mass is 19.4. The Morgan fingerprint density at radius 1 is 0.979 bits per heavy atom. The standard InChI is InChI=1S/C37H38F3N5O3/c1-3-24-18-23(10-13-28(24)25-14-16-43(17-15-25)35(46)26-11-12-26)21-44-20-22(2)27-6-4-7-29(33(27)44)31-8-5-9-32(42-31)45-34(37(38,39)40)30(19-41-45)36(47)48/h4-10,13,18-19,22,25-26H,3,11-12,14-17,20-21H2,1-2H3,(H,47,48). The van der Waals surface area contributed by atoms with Crippen molar-refractivity contribution < 1.29 is 27.9 Å². The lowest BCUT2D eigenvalue weighted by Gasteiger charge is -2.33. The lowest BCUT2D eigenvalue weighted by atomic mass is 9.85. The normalized spacial score (nSPS) is 18.3. The Balaban J connectivity index is 1.16. The third-order valence-corrected chi connectivity index (χ3v) is 10.0. The van der Waals surface area contributed by atoms with Crippen molar-refractivity contribution >= 4 is 17.6 Å². The van der Waals surface area contributed by atoms with E-state index >= 15 is 0 Å². The number of anilines is 1. The second-order valence-electron chi connectivity index (χ2n) is 13.3. The number of aromatic nitrogens is 3. The minimum Gasteiger partial charge on any atom is -0.478 e. The predicted molar refractivity (Wildman–Crippen MR) is 175 cm³/mol. The number of hydrogen-bond donors (Lipinski definition) is 1. The minimum absolute atomic E-state index is 0.117. The highest BCUT2D eigenvalue weighted by molar-refractivity contribution is 5.89. The molecule has 1 aliphatic carbocycles. The first-order valence-electron chi connectivity index (χ1n) is 16.7. The number of pyridine rings is 1. The Bertz CT molecular complexity index is 1870. The van der Waals surface area contributed by atoms with Gasteiger partial charge in [0.05, 0.1) is 17.6 Å². The van der Waals surface area contributed by atoms with Gasteiger partial charge < -0.3 is 14.9 Å². The summed E-state index contributed by atoms with van der Waals surface area (Å²) in [4.78, 5) is 33.1. The summed E-state index contributed by atoms with van der Waals surface area (Å²) in [5, 5.41) is 13.1. The van der Waals surface area contributed by atoms with Gasteiger partial charge in [0.2, 0.25) is 5.91 Å². The van der Waals surface area contributed by atoms with E-state index in [-0.39, 0.29) is 17.7 Å². The molecule has 1 amide bonds. The first kappa shape index (κ1) is 31.9. The molecule has 0 spiro atoms. The zero-order chi connectivity index (χ0) is 33.7. The second-order valence-corrected chi connectivity index (χ2v) is 13.3. The number of amides is 1. The molecular formula is C37H38F3N5O3. The number of halogens is 3. The average Bonchev–Trinajstić information content (AvgIpc) is 3.74. The summed E-state index contributed by atoms with van der Waals surface area (Å²) in [6, 6.07) is 17.5. The van der Waals surface area contributed by atoms with E-state index in [0.717, 1.165) is 68.6 Å². The number of carbonyl (C=O) groups is 2. The molecule has 4 heterocycles. The number of rotatable bonds is 8. The van der Waals surface area contributed by atoms with Crippen LogP contribution >= 0.6 is 0 Å². The Hall–Kier alpha value is -4.67. The summed E-state index contributed by atoms with van der Waals surface area (Å²) in [7, 11) is 0. The maximum atomic E-state index is 14.0. The maximum Gasteiger partial charge on any atom is 0.434 e. The molecule has 2 aliphatic heterocycles. The molecule has 48 heavy (non-hydrogen) atoms. The molecule has 0 radical (unpaired) electrons. The van der Waals surface area contributed by atoms with E-state index in [1.807, 2.05) is 12.1 Å². The number of nitrogens with zero attached hydrogens (tertiary/aromatic N) is 5. The number of likely N-dealkylation sites (tertiary alicyclic amines) is 1. The van der Waals surface area contributed by atoms with E-state index in [2.05, 4.69) is 58.0 Å². The van der Waals surface area contributed by atoms with Gasteiger partial charge in [-0.05, 0) is 72.4 Å². The van der Waals surface area contributed by atoms with Crippen LogP contribution < -0.4 is 4.90 Å². The van der Waals surface area contributed by atoms with Crippen molar-refractivity contribution in [1.29, 1.82) is 0 Å². The molecule has 2 fully saturated rings. The van der Waals surface area contributed by atoms with Crippen LogP contribution in [0.25, 0.3) is 17.1 Å². The second kappa shape index (κ2) is 12.4. The molecule has 2 aromatic carbocycles. The average molecular weight is 658 g/mol. The van der Waals surface area contributed by atoms with E-state index in [1.54, 1.807) is 12.1 Å². The molecule has 4 aromatic rings. The lowest BCUT2D eigenvalue weighted by molar-refractivity contribution is -0.143. The van der Waals surface area contributed by atoms with Gasteiger partial charge in [-0.15, -0.1) is 0 Å². The summed E-state index contributed by atoms with van der Waals surface area (Å²) in [6.07, 6.45) is 0.716. The van der Waals surface area contributed by atoms with Gasteiger partial charge >= 0.3 is 12.1 Å². The van der Waals surface area contributed by atoms with Crippen molar-refractivity contribution in [3.8, 4) is 17.1 Å². The lowest BCUT2D eigenvalue weighted by Crippen LogP contribution is -2.38. The van der Waals surface area contributed by atoms with E-state index in [0.29, 0.717) is 34.9 Å². The van der Waals surface area contributed by atoms with Gasteiger partial charge in [-0.3, -0.25) is 4.79 Å². The largest absolute Gasteiger partial charge is 0.478 e. The number of carboxylic acid groups (broad SMARTS) is 1. The first-order valence-corrected chi connectivity index (χ1v) is 16.7. The SMILES string of the molecule is CCc1cc(CN2CC(C)c3cccc(-c4cccc(-n5ncc(C(=O)O)c5C(F)(F)F)n4)c32)ccc1C1CCN(C(=O)C2CC2)CC1. The molecule has 8 nitrogen and oxygen atoms in total. The van der Waals surface area contributed by atoms with Gasteiger partial charge in [0.15, 0.2) is 11.5 Å². The van der Waals surface area contributed by atoms with Crippen LogP contribution in [0.15, 0.2) is 60.8 Å². The van der Waals surface area contributed by atoms with Gasteiger partial charge in [-0.25, -0.2) is 14.5 Å². The maximum absolute atomic E-state index is 14.0. The highest BCUT2D eigenvalue weighted by Gasteiger charge is 2.41. The molecular weight excluding hydrogens is 619 g/mol. The molecule has 0 bridgehead atoms. The molecule has 1 saturated heterocycles. The zero-order valence-corrected chi connectivity index (χ0v) is 27.0. The zero-order valence-electron chi connectivity index (χ0n) is 27.0. The number of aryl methyl sites for hydroxylation is 1. The summed E-state index contributed by atoms with van der Waals surface area (Å²) < 4.78 is 42.5. The van der Waals surface area contributed by atoms with Crippen LogP contribution in [-0.4, -0.2) is 56.3 Å². The van der Waals surface area contributed by atoms with Crippen molar-refractivity contribution in [3.05, 3.63) is 94.3 Å². The van der Waals surface area contributed by atoms with E-state index in [1.165, 1.54) is 22.8 Å². The number of benzene rings is 2. The van der Waals surface area contributed by atoms with Crippen molar-refractivity contribution in [2.45, 2.75) is 70.5 Å². The van der Waals surface area contributed by atoms with Crippen molar-refractivity contribution in [3.63, 3.8) is 0 Å². The number of hydrogen-bond acceptors (Lipinski definition) is 5. The third-order valence-electron chi connectivity index (χ3n) is 10.0. The molecule has 1 N–H and O–H groups in total. The molecule has 11 heteroatoms. The molecule has 1 atom stereocenters. The Morgan fingerprint density at radius 2 is 1.73 bits per heavy atom. The third kappa shape index (κ3) is 5.95. The van der Waals surface area contributed by atoms with Crippen molar-refractivity contribution in [2.75, 3.05) is 24.5 Å². The number of piperidine rings is 1. The van der Waals surface area contributed by atoms with Crippen LogP contribution in [0.2, 0.25) is 0 Å². The number of aromatic carboxylic acids is 1. The Kier molecular flexibility index (Phi) is 8.25.